The molecule has 0 saturated heterocycles. The predicted molar refractivity (Wildman–Crippen MR) is 124 cm³/mol. The van der Waals surface area contributed by atoms with Gasteiger partial charge in [0.05, 0.1) is 12.1 Å². The Morgan fingerprint density at radius 1 is 0.969 bits per heavy atom. The number of methoxy groups -OCH3 is 1. The lowest BCUT2D eigenvalue weighted by Crippen LogP contribution is -2.35. The minimum absolute atomic E-state index is 0.00834. The third-order valence-electron chi connectivity index (χ3n) is 4.51. The highest BCUT2D eigenvalue weighted by Gasteiger charge is 2.14. The Hall–Kier alpha value is -2.93. The van der Waals surface area contributed by atoms with Crippen LogP contribution in [0.1, 0.15) is 15.9 Å². The molecule has 0 saturated carbocycles. The van der Waals surface area contributed by atoms with Crippen LogP contribution in [0.25, 0.3) is 0 Å². The summed E-state index contributed by atoms with van der Waals surface area (Å²) in [6, 6.07) is 19.6. The van der Waals surface area contributed by atoms with Gasteiger partial charge in [-0.25, -0.2) is 0 Å². The van der Waals surface area contributed by atoms with Gasteiger partial charge in [-0.3, -0.25) is 4.79 Å². The van der Waals surface area contributed by atoms with Gasteiger partial charge >= 0.3 is 0 Å². The monoisotopic (exact) mass is 475 g/mol. The van der Waals surface area contributed by atoms with Crippen molar-refractivity contribution in [3.63, 3.8) is 0 Å². The number of rotatable bonds is 10. The molecule has 0 aliphatic rings. The number of aliphatic hydroxyl groups is 1. The second-order valence-corrected chi connectivity index (χ2v) is 7.65. The second kappa shape index (κ2) is 11.6. The van der Waals surface area contributed by atoms with Crippen LogP contribution in [0, 0.1) is 0 Å². The highest BCUT2D eigenvalue weighted by atomic mass is 35.5. The molecule has 0 aliphatic carbocycles. The summed E-state index contributed by atoms with van der Waals surface area (Å²) < 4.78 is 16.6. The molecule has 0 radical (unpaired) electrons. The number of nitrogens with one attached hydrogen (secondary N) is 1. The minimum Gasteiger partial charge on any atom is -0.493 e. The van der Waals surface area contributed by atoms with Gasteiger partial charge in [0.15, 0.2) is 11.5 Å². The van der Waals surface area contributed by atoms with E-state index in [1.165, 1.54) is 7.11 Å². The largest absolute Gasteiger partial charge is 0.493 e. The Kier molecular flexibility index (Phi) is 8.62. The first kappa shape index (κ1) is 23.7. The van der Waals surface area contributed by atoms with Gasteiger partial charge in [-0.2, -0.15) is 0 Å². The molecule has 168 valence electrons. The predicted octanol–water partition coefficient (Wildman–Crippen LogP) is 4.75. The van der Waals surface area contributed by atoms with Gasteiger partial charge in [0.2, 0.25) is 0 Å². The zero-order valence-electron chi connectivity index (χ0n) is 17.4. The maximum absolute atomic E-state index is 12.5. The molecule has 6 nitrogen and oxygen atoms in total. The molecular weight excluding hydrogens is 453 g/mol. The molecule has 0 aromatic heterocycles. The van der Waals surface area contributed by atoms with Gasteiger partial charge in [0, 0.05) is 12.1 Å². The molecule has 32 heavy (non-hydrogen) atoms. The Labute approximate surface area is 196 Å². The molecule has 0 fully saturated rings. The van der Waals surface area contributed by atoms with Crippen molar-refractivity contribution in [2.45, 2.75) is 12.7 Å². The summed E-state index contributed by atoms with van der Waals surface area (Å²) in [5.41, 5.74) is 1.39. The van der Waals surface area contributed by atoms with Crippen LogP contribution in [0.15, 0.2) is 66.7 Å². The van der Waals surface area contributed by atoms with Crippen molar-refractivity contribution in [2.75, 3.05) is 20.3 Å². The first-order chi connectivity index (χ1) is 15.5. The summed E-state index contributed by atoms with van der Waals surface area (Å²) in [6.45, 7) is 0.313. The van der Waals surface area contributed by atoms with Gasteiger partial charge in [0.25, 0.3) is 5.91 Å². The van der Waals surface area contributed by atoms with Gasteiger partial charge in [0.1, 0.15) is 30.1 Å². The number of hydrogen-bond acceptors (Lipinski definition) is 5. The van der Waals surface area contributed by atoms with Crippen LogP contribution in [-0.4, -0.2) is 37.4 Å². The highest BCUT2D eigenvalue weighted by molar-refractivity contribution is 6.42. The second-order valence-electron chi connectivity index (χ2n) is 6.87. The molecule has 3 aromatic carbocycles. The van der Waals surface area contributed by atoms with E-state index >= 15 is 0 Å². The molecular formula is C24H23Cl2NO5. The fraction of sp³-hybridized carbons (Fsp3) is 0.208. The van der Waals surface area contributed by atoms with Crippen LogP contribution in [0.2, 0.25) is 10.0 Å². The number of halogens is 2. The summed E-state index contributed by atoms with van der Waals surface area (Å²) >= 11 is 12.0. The lowest BCUT2D eigenvalue weighted by atomic mass is 10.2. The van der Waals surface area contributed by atoms with Crippen molar-refractivity contribution in [1.29, 1.82) is 0 Å². The summed E-state index contributed by atoms with van der Waals surface area (Å²) in [5, 5.41) is 13.4. The van der Waals surface area contributed by atoms with Crippen molar-refractivity contribution in [2.24, 2.45) is 0 Å². The summed E-state index contributed by atoms with van der Waals surface area (Å²) in [7, 11) is 1.51. The molecule has 0 bridgehead atoms. The Morgan fingerprint density at radius 3 is 2.50 bits per heavy atom. The van der Waals surface area contributed by atoms with Crippen molar-refractivity contribution in [3.8, 4) is 17.2 Å². The van der Waals surface area contributed by atoms with Gasteiger partial charge in [-0.05, 0) is 35.9 Å². The van der Waals surface area contributed by atoms with Crippen molar-refractivity contribution < 1.29 is 24.1 Å². The molecule has 0 heterocycles. The van der Waals surface area contributed by atoms with E-state index in [4.69, 9.17) is 37.4 Å². The summed E-state index contributed by atoms with van der Waals surface area (Å²) in [5.74, 6) is 0.964. The third-order valence-corrected chi connectivity index (χ3v) is 5.31. The van der Waals surface area contributed by atoms with E-state index < -0.39 is 6.10 Å². The normalized spacial score (nSPS) is 11.5. The summed E-state index contributed by atoms with van der Waals surface area (Å²) in [4.78, 5) is 12.5. The number of ether oxygens (including phenoxy) is 3. The standard InChI is InChI=1S/C24H23Cl2NO5/c1-30-22-12-17(10-11-20(22)31-14-16-6-3-2-4-7-16)24(29)27-13-18(28)15-32-21-9-5-8-19(25)23(21)26/h2-12,18,28H,13-15H2,1H3,(H,27,29). The average Bonchev–Trinajstić information content (AvgIpc) is 2.82. The van der Waals surface area contributed by atoms with Crippen molar-refractivity contribution in [1.82, 2.24) is 5.32 Å². The Balaban J connectivity index is 1.52. The molecule has 1 amide bonds. The lowest BCUT2D eigenvalue weighted by molar-refractivity contribution is 0.0843. The molecule has 1 atom stereocenters. The topological polar surface area (TPSA) is 77.0 Å². The van der Waals surface area contributed by atoms with E-state index in [1.54, 1.807) is 36.4 Å². The quantitative estimate of drug-likeness (QED) is 0.442. The van der Waals surface area contributed by atoms with Crippen LogP contribution in [-0.2, 0) is 6.61 Å². The molecule has 3 rings (SSSR count). The Bertz CT molecular complexity index is 1050. The molecule has 8 heteroatoms. The van der Waals surface area contributed by atoms with E-state index in [9.17, 15) is 9.90 Å². The highest BCUT2D eigenvalue weighted by Crippen LogP contribution is 2.31. The average molecular weight is 476 g/mol. The van der Waals surface area contributed by atoms with Crippen molar-refractivity contribution >= 4 is 29.1 Å². The third kappa shape index (κ3) is 6.53. The number of aliphatic hydroxyl groups excluding tert-OH is 1. The fourth-order valence-corrected chi connectivity index (χ4v) is 3.16. The van der Waals surface area contributed by atoms with E-state index in [0.29, 0.717) is 34.4 Å². The molecule has 3 aromatic rings. The van der Waals surface area contributed by atoms with E-state index in [2.05, 4.69) is 5.32 Å². The van der Waals surface area contributed by atoms with Gasteiger partial charge in [-0.15, -0.1) is 0 Å². The number of carbonyl (C=O) groups excluding carboxylic acids is 1. The molecule has 0 aliphatic heterocycles. The lowest BCUT2D eigenvalue weighted by Gasteiger charge is -2.15. The van der Waals surface area contributed by atoms with E-state index in [1.807, 2.05) is 30.3 Å². The van der Waals surface area contributed by atoms with E-state index in [-0.39, 0.29) is 24.1 Å². The maximum atomic E-state index is 12.5. The maximum Gasteiger partial charge on any atom is 0.251 e. The smallest absolute Gasteiger partial charge is 0.251 e. The fourth-order valence-electron chi connectivity index (χ4n) is 2.82. The van der Waals surface area contributed by atoms with Gasteiger partial charge < -0.3 is 24.6 Å². The van der Waals surface area contributed by atoms with E-state index in [0.717, 1.165) is 5.56 Å². The van der Waals surface area contributed by atoms with Crippen LogP contribution in [0.3, 0.4) is 0 Å². The first-order valence-electron chi connectivity index (χ1n) is 9.85. The van der Waals surface area contributed by atoms with Crippen LogP contribution >= 0.6 is 23.2 Å². The van der Waals surface area contributed by atoms with Crippen LogP contribution in [0.5, 0.6) is 17.2 Å². The SMILES string of the molecule is COc1cc(C(=O)NCC(O)COc2cccc(Cl)c2Cl)ccc1OCc1ccccc1. The molecule has 2 N–H and O–H groups in total. The van der Waals surface area contributed by atoms with Crippen LogP contribution in [0.4, 0.5) is 0 Å². The molecule has 0 spiro atoms. The van der Waals surface area contributed by atoms with Crippen LogP contribution < -0.4 is 19.5 Å². The zero-order valence-corrected chi connectivity index (χ0v) is 18.9. The Morgan fingerprint density at radius 2 is 1.75 bits per heavy atom. The number of amides is 1. The number of carbonyl (C=O) groups is 1. The zero-order chi connectivity index (χ0) is 22.9. The van der Waals surface area contributed by atoms with Crippen molar-refractivity contribution in [3.05, 3.63) is 87.9 Å². The number of benzene rings is 3. The first-order valence-corrected chi connectivity index (χ1v) is 10.6. The summed E-state index contributed by atoms with van der Waals surface area (Å²) in [6.07, 6.45) is -0.940. The minimum atomic E-state index is -0.940. The number of hydrogen-bond donors (Lipinski definition) is 2. The molecule has 1 unspecified atom stereocenters. The van der Waals surface area contributed by atoms with Gasteiger partial charge in [-0.1, -0.05) is 59.6 Å².